The summed E-state index contributed by atoms with van der Waals surface area (Å²) < 4.78 is 5.77. The number of carbonyl (C=O) groups is 1. The third-order valence-electron chi connectivity index (χ3n) is 3.03. The van der Waals surface area contributed by atoms with Crippen LogP contribution >= 0.6 is 0 Å². The van der Waals surface area contributed by atoms with E-state index in [9.17, 15) is 4.79 Å². The highest BCUT2D eigenvalue weighted by molar-refractivity contribution is 5.75. The molecule has 0 radical (unpaired) electrons. The Morgan fingerprint density at radius 1 is 1.15 bits per heavy atom. The predicted molar refractivity (Wildman–Crippen MR) is 79.2 cm³/mol. The molecule has 1 aromatic carbocycles. The van der Waals surface area contributed by atoms with Gasteiger partial charge in [-0.15, -0.1) is 0 Å². The van der Waals surface area contributed by atoms with Gasteiger partial charge in [-0.3, -0.25) is 4.79 Å². The summed E-state index contributed by atoms with van der Waals surface area (Å²) in [4.78, 5) is 13.0. The Morgan fingerprint density at radius 3 is 2.60 bits per heavy atom. The summed E-state index contributed by atoms with van der Waals surface area (Å²) in [7, 11) is 3.53. The number of hydrogen-bond acceptors (Lipinski definition) is 3. The van der Waals surface area contributed by atoms with E-state index in [-0.39, 0.29) is 5.91 Å². The highest BCUT2D eigenvalue weighted by Gasteiger charge is 2.05. The van der Waals surface area contributed by atoms with Crippen LogP contribution in [-0.2, 0) is 11.3 Å². The second-order valence-electron chi connectivity index (χ2n) is 4.85. The second kappa shape index (κ2) is 6.91. The van der Waals surface area contributed by atoms with Gasteiger partial charge in [0.15, 0.2) is 0 Å². The standard InChI is InChI=1S/C16H20N2O2/c1-18(2)16(19)10-11-17-12-14-8-9-15(20-14)13-6-4-3-5-7-13/h3-9,17H,10-12H2,1-2H3. The van der Waals surface area contributed by atoms with Crippen molar-refractivity contribution in [1.29, 1.82) is 0 Å². The number of rotatable bonds is 6. The molecule has 0 aliphatic rings. The summed E-state index contributed by atoms with van der Waals surface area (Å²) in [6.45, 7) is 1.28. The van der Waals surface area contributed by atoms with E-state index in [0.29, 0.717) is 19.5 Å². The molecule has 2 aromatic rings. The van der Waals surface area contributed by atoms with Crippen molar-refractivity contribution in [3.05, 3.63) is 48.2 Å². The van der Waals surface area contributed by atoms with Gasteiger partial charge in [-0.1, -0.05) is 30.3 Å². The van der Waals surface area contributed by atoms with Gasteiger partial charge in [0, 0.05) is 32.6 Å². The van der Waals surface area contributed by atoms with E-state index < -0.39 is 0 Å². The van der Waals surface area contributed by atoms with Gasteiger partial charge in [0.1, 0.15) is 11.5 Å². The molecule has 4 nitrogen and oxygen atoms in total. The third-order valence-corrected chi connectivity index (χ3v) is 3.03. The Balaban J connectivity index is 1.81. The molecule has 0 bridgehead atoms. The maximum absolute atomic E-state index is 11.4. The van der Waals surface area contributed by atoms with Crippen molar-refractivity contribution in [2.45, 2.75) is 13.0 Å². The van der Waals surface area contributed by atoms with Crippen LogP contribution in [-0.4, -0.2) is 31.4 Å². The van der Waals surface area contributed by atoms with Crippen molar-refractivity contribution in [3.63, 3.8) is 0 Å². The van der Waals surface area contributed by atoms with Gasteiger partial charge in [-0.2, -0.15) is 0 Å². The van der Waals surface area contributed by atoms with Crippen LogP contribution in [0.1, 0.15) is 12.2 Å². The van der Waals surface area contributed by atoms with Crippen molar-refractivity contribution in [2.75, 3.05) is 20.6 Å². The van der Waals surface area contributed by atoms with E-state index in [2.05, 4.69) is 5.32 Å². The smallest absolute Gasteiger partial charge is 0.223 e. The fourth-order valence-electron chi connectivity index (χ4n) is 1.86. The second-order valence-corrected chi connectivity index (χ2v) is 4.85. The highest BCUT2D eigenvalue weighted by atomic mass is 16.3. The monoisotopic (exact) mass is 272 g/mol. The van der Waals surface area contributed by atoms with Gasteiger partial charge in [-0.25, -0.2) is 0 Å². The van der Waals surface area contributed by atoms with Crippen molar-refractivity contribution in [2.24, 2.45) is 0 Å². The number of hydrogen-bond donors (Lipinski definition) is 1. The van der Waals surface area contributed by atoms with Gasteiger partial charge in [0.25, 0.3) is 0 Å². The number of benzene rings is 1. The van der Waals surface area contributed by atoms with Crippen molar-refractivity contribution in [1.82, 2.24) is 10.2 Å². The highest BCUT2D eigenvalue weighted by Crippen LogP contribution is 2.21. The predicted octanol–water partition coefficient (Wildman–Crippen LogP) is 2.51. The minimum atomic E-state index is 0.127. The SMILES string of the molecule is CN(C)C(=O)CCNCc1ccc(-c2ccccc2)o1. The Kier molecular flexibility index (Phi) is 4.96. The quantitative estimate of drug-likeness (QED) is 0.822. The summed E-state index contributed by atoms with van der Waals surface area (Å²) in [5, 5.41) is 3.21. The minimum absolute atomic E-state index is 0.127. The van der Waals surface area contributed by atoms with Crippen LogP contribution in [0.3, 0.4) is 0 Å². The van der Waals surface area contributed by atoms with Crippen molar-refractivity contribution in [3.8, 4) is 11.3 Å². The molecule has 0 aliphatic carbocycles. The molecule has 4 heteroatoms. The average Bonchev–Trinajstić information content (AvgIpc) is 2.93. The number of furan rings is 1. The first-order valence-electron chi connectivity index (χ1n) is 6.72. The molecule has 0 aliphatic heterocycles. The Hall–Kier alpha value is -2.07. The Labute approximate surface area is 119 Å². The van der Waals surface area contributed by atoms with Crippen LogP contribution in [0, 0.1) is 0 Å². The molecule has 0 saturated heterocycles. The fourth-order valence-corrected chi connectivity index (χ4v) is 1.86. The lowest BCUT2D eigenvalue weighted by Gasteiger charge is -2.09. The van der Waals surface area contributed by atoms with Gasteiger partial charge in [0.05, 0.1) is 6.54 Å². The lowest BCUT2D eigenvalue weighted by molar-refractivity contribution is -0.128. The molecule has 0 atom stereocenters. The molecule has 106 valence electrons. The first-order chi connectivity index (χ1) is 9.66. The molecule has 1 aromatic heterocycles. The van der Waals surface area contributed by atoms with E-state index in [1.165, 1.54) is 0 Å². The van der Waals surface area contributed by atoms with Crippen LogP contribution in [0.15, 0.2) is 46.9 Å². The summed E-state index contributed by atoms with van der Waals surface area (Å²) in [6.07, 6.45) is 0.499. The first kappa shape index (κ1) is 14.3. The molecule has 1 amide bonds. The minimum Gasteiger partial charge on any atom is -0.460 e. The maximum Gasteiger partial charge on any atom is 0.223 e. The van der Waals surface area contributed by atoms with Crippen molar-refractivity contribution < 1.29 is 9.21 Å². The normalized spacial score (nSPS) is 10.5. The number of nitrogens with one attached hydrogen (secondary N) is 1. The summed E-state index contributed by atoms with van der Waals surface area (Å²) >= 11 is 0. The molecule has 2 rings (SSSR count). The molecule has 1 heterocycles. The van der Waals surface area contributed by atoms with Crippen LogP contribution < -0.4 is 5.32 Å². The molecule has 0 saturated carbocycles. The molecule has 0 spiro atoms. The molecule has 0 unspecified atom stereocenters. The van der Waals surface area contributed by atoms with Crippen LogP contribution in [0.4, 0.5) is 0 Å². The van der Waals surface area contributed by atoms with Gasteiger partial charge in [0.2, 0.25) is 5.91 Å². The van der Waals surface area contributed by atoms with Gasteiger partial charge >= 0.3 is 0 Å². The Bertz CT molecular complexity index is 547. The fraction of sp³-hybridized carbons (Fsp3) is 0.312. The van der Waals surface area contributed by atoms with Crippen LogP contribution in [0.25, 0.3) is 11.3 Å². The third kappa shape index (κ3) is 3.96. The van der Waals surface area contributed by atoms with Crippen molar-refractivity contribution >= 4 is 5.91 Å². The van der Waals surface area contributed by atoms with E-state index in [1.54, 1.807) is 19.0 Å². The first-order valence-corrected chi connectivity index (χ1v) is 6.72. The molecule has 1 N–H and O–H groups in total. The number of nitrogens with zero attached hydrogens (tertiary/aromatic N) is 1. The van der Waals surface area contributed by atoms with E-state index >= 15 is 0 Å². The zero-order valence-electron chi connectivity index (χ0n) is 11.9. The lowest BCUT2D eigenvalue weighted by atomic mass is 10.2. The molecular weight excluding hydrogens is 252 g/mol. The average molecular weight is 272 g/mol. The van der Waals surface area contributed by atoms with Gasteiger partial charge in [-0.05, 0) is 12.1 Å². The summed E-state index contributed by atoms with van der Waals surface area (Å²) in [5.41, 5.74) is 1.07. The van der Waals surface area contributed by atoms with E-state index in [1.807, 2.05) is 42.5 Å². The van der Waals surface area contributed by atoms with E-state index in [4.69, 9.17) is 4.42 Å². The van der Waals surface area contributed by atoms with Crippen LogP contribution in [0.5, 0.6) is 0 Å². The zero-order chi connectivity index (χ0) is 14.4. The molecule has 20 heavy (non-hydrogen) atoms. The number of carbonyl (C=O) groups excluding carboxylic acids is 1. The van der Waals surface area contributed by atoms with E-state index in [0.717, 1.165) is 17.1 Å². The Morgan fingerprint density at radius 2 is 1.90 bits per heavy atom. The van der Waals surface area contributed by atoms with Crippen LogP contribution in [0.2, 0.25) is 0 Å². The zero-order valence-corrected chi connectivity index (χ0v) is 11.9. The molecule has 0 fully saturated rings. The molecular formula is C16H20N2O2. The number of amides is 1. The largest absolute Gasteiger partial charge is 0.460 e. The van der Waals surface area contributed by atoms with Gasteiger partial charge < -0.3 is 14.6 Å². The topological polar surface area (TPSA) is 45.5 Å². The maximum atomic E-state index is 11.4. The lowest BCUT2D eigenvalue weighted by Crippen LogP contribution is -2.26. The summed E-state index contributed by atoms with van der Waals surface area (Å²) in [5.74, 6) is 1.87. The summed E-state index contributed by atoms with van der Waals surface area (Å²) in [6, 6.07) is 13.9.